The molecule has 4 saturated heterocycles. The van der Waals surface area contributed by atoms with Crippen LogP contribution in [0.15, 0.2) is 0 Å². The van der Waals surface area contributed by atoms with E-state index in [9.17, 15) is 0 Å². The lowest BCUT2D eigenvalue weighted by atomic mass is 10.00. The lowest BCUT2D eigenvalue weighted by Gasteiger charge is -2.47. The van der Waals surface area contributed by atoms with E-state index in [4.69, 9.17) is 33.2 Å². The number of rotatable bonds is 7. The van der Waals surface area contributed by atoms with E-state index in [1.165, 1.54) is 25.7 Å². The Morgan fingerprint density at radius 1 is 0.828 bits per heavy atom. The first-order chi connectivity index (χ1) is 14.2. The zero-order valence-corrected chi connectivity index (χ0v) is 17.4. The van der Waals surface area contributed by atoms with Gasteiger partial charge in [0.1, 0.15) is 5.60 Å². The largest absolute Gasteiger partial charge is 0.375 e. The highest BCUT2D eigenvalue weighted by atomic mass is 16.9. The fourth-order valence-corrected chi connectivity index (χ4v) is 5.62. The van der Waals surface area contributed by atoms with E-state index < -0.39 is 5.97 Å². The number of ether oxygens (including phenoxy) is 7. The Kier molecular flexibility index (Phi) is 4.95. The first-order valence-electron chi connectivity index (χ1n) is 11.7. The molecule has 7 atom stereocenters. The van der Waals surface area contributed by atoms with Crippen LogP contribution in [0.5, 0.6) is 0 Å². The van der Waals surface area contributed by atoms with Gasteiger partial charge in [-0.25, -0.2) is 0 Å². The predicted octanol–water partition coefficient (Wildman–Crippen LogP) is 2.40. The number of hydrogen-bond donors (Lipinski definition) is 0. The van der Waals surface area contributed by atoms with Crippen LogP contribution in [0.25, 0.3) is 0 Å². The molecule has 0 aromatic rings. The second kappa shape index (κ2) is 7.40. The van der Waals surface area contributed by atoms with Crippen LogP contribution in [0.2, 0.25) is 0 Å². The van der Waals surface area contributed by atoms with Gasteiger partial charge in [-0.15, -0.1) is 0 Å². The summed E-state index contributed by atoms with van der Waals surface area (Å²) in [6, 6.07) is 0. The van der Waals surface area contributed by atoms with Gasteiger partial charge in [0.2, 0.25) is 0 Å². The van der Waals surface area contributed by atoms with Gasteiger partial charge in [0, 0.05) is 18.3 Å². The summed E-state index contributed by atoms with van der Waals surface area (Å²) >= 11 is 0. The van der Waals surface area contributed by atoms with Crippen LogP contribution < -0.4 is 0 Å². The summed E-state index contributed by atoms with van der Waals surface area (Å²) in [5.41, 5.74) is -0.377. The monoisotopic (exact) mass is 410 g/mol. The Labute approximate surface area is 172 Å². The fraction of sp³-hybridized carbons (Fsp3) is 1.00. The van der Waals surface area contributed by atoms with Crippen molar-refractivity contribution in [3.05, 3.63) is 0 Å². The van der Waals surface area contributed by atoms with Crippen LogP contribution in [-0.4, -0.2) is 75.1 Å². The summed E-state index contributed by atoms with van der Waals surface area (Å²) in [6.45, 7) is 5.20. The van der Waals surface area contributed by atoms with E-state index in [0.717, 1.165) is 26.1 Å². The molecular weight excluding hydrogens is 376 g/mol. The molecule has 6 fully saturated rings. The molecule has 0 N–H and O–H groups in total. The van der Waals surface area contributed by atoms with Crippen molar-refractivity contribution in [1.82, 2.24) is 0 Å². The first kappa shape index (κ1) is 19.4. The molecule has 7 nitrogen and oxygen atoms in total. The van der Waals surface area contributed by atoms with Gasteiger partial charge < -0.3 is 33.2 Å². The van der Waals surface area contributed by atoms with Gasteiger partial charge in [-0.2, -0.15) is 0 Å². The maximum atomic E-state index is 6.34. The van der Waals surface area contributed by atoms with Crippen LogP contribution in [0.4, 0.5) is 0 Å². The van der Waals surface area contributed by atoms with Crippen molar-refractivity contribution in [3.8, 4) is 0 Å². The second-order valence-electron chi connectivity index (χ2n) is 9.87. The normalized spacial score (nSPS) is 53.1. The van der Waals surface area contributed by atoms with Crippen molar-refractivity contribution in [2.24, 2.45) is 11.8 Å². The average molecular weight is 411 g/mol. The zero-order chi connectivity index (χ0) is 19.5. The number of fused-ring (bicyclic) bond motifs is 2. The fourth-order valence-electron chi connectivity index (χ4n) is 5.62. The molecular formula is C22H34O7. The van der Waals surface area contributed by atoms with Crippen molar-refractivity contribution in [2.45, 2.75) is 94.0 Å². The molecule has 1 spiro atoms. The molecule has 0 aromatic heterocycles. The van der Waals surface area contributed by atoms with E-state index >= 15 is 0 Å². The highest BCUT2D eigenvalue weighted by Gasteiger charge is 2.53. The van der Waals surface area contributed by atoms with Crippen LogP contribution in [0.1, 0.15) is 51.9 Å². The van der Waals surface area contributed by atoms with Gasteiger partial charge in [0.05, 0.1) is 63.6 Å². The Balaban J connectivity index is 0.953. The van der Waals surface area contributed by atoms with Crippen molar-refractivity contribution < 1.29 is 33.2 Å². The lowest BCUT2D eigenvalue weighted by molar-refractivity contribution is -0.443. The van der Waals surface area contributed by atoms with Gasteiger partial charge in [-0.3, -0.25) is 0 Å². The number of epoxide rings is 2. The minimum atomic E-state index is -0.919. The van der Waals surface area contributed by atoms with E-state index in [-0.39, 0.29) is 11.7 Å². The maximum Gasteiger partial charge on any atom is 0.283 e. The second-order valence-corrected chi connectivity index (χ2v) is 9.87. The van der Waals surface area contributed by atoms with E-state index in [2.05, 4.69) is 6.92 Å². The van der Waals surface area contributed by atoms with Crippen molar-refractivity contribution in [1.29, 1.82) is 0 Å². The Bertz CT molecular complexity index is 594. The number of hydrogen-bond acceptors (Lipinski definition) is 7. The highest BCUT2D eigenvalue weighted by Crippen LogP contribution is 2.45. The molecule has 164 valence electrons. The van der Waals surface area contributed by atoms with Gasteiger partial charge in [-0.05, 0) is 38.5 Å². The quantitative estimate of drug-likeness (QED) is 0.597. The third-order valence-corrected chi connectivity index (χ3v) is 7.98. The van der Waals surface area contributed by atoms with Gasteiger partial charge >= 0.3 is 0 Å². The minimum Gasteiger partial charge on any atom is -0.375 e. The van der Waals surface area contributed by atoms with E-state index in [1.54, 1.807) is 0 Å². The molecule has 0 radical (unpaired) electrons. The minimum absolute atomic E-state index is 0.119. The molecule has 4 aliphatic heterocycles. The molecule has 6 aliphatic rings. The zero-order valence-electron chi connectivity index (χ0n) is 17.4. The smallest absolute Gasteiger partial charge is 0.283 e. The Morgan fingerprint density at radius 2 is 1.52 bits per heavy atom. The summed E-state index contributed by atoms with van der Waals surface area (Å²) in [7, 11) is 0. The maximum absolute atomic E-state index is 6.34. The lowest BCUT2D eigenvalue weighted by Crippen LogP contribution is -2.58. The molecule has 29 heavy (non-hydrogen) atoms. The molecule has 7 unspecified atom stereocenters. The summed E-state index contributed by atoms with van der Waals surface area (Å²) in [4.78, 5) is 0. The molecule has 2 saturated carbocycles. The predicted molar refractivity (Wildman–Crippen MR) is 101 cm³/mol. The van der Waals surface area contributed by atoms with Crippen LogP contribution in [0.3, 0.4) is 0 Å². The van der Waals surface area contributed by atoms with Gasteiger partial charge in [0.15, 0.2) is 0 Å². The molecule has 4 heterocycles. The third-order valence-electron chi connectivity index (χ3n) is 7.98. The van der Waals surface area contributed by atoms with Crippen molar-refractivity contribution in [3.63, 3.8) is 0 Å². The molecule has 6 rings (SSSR count). The van der Waals surface area contributed by atoms with Crippen LogP contribution >= 0.6 is 0 Å². The molecule has 2 aliphatic carbocycles. The van der Waals surface area contributed by atoms with E-state index in [1.807, 2.05) is 0 Å². The standard InChI is InChI=1S/C22H34O7/c1-2-21(24-10-15-4-6-18-20(15)29-18)12-26-22(27-13-21)8-7-16(11-25-22)23-9-14-3-5-17-19(14)28-17/h14-20H,2-13H2,1H3. The van der Waals surface area contributed by atoms with Crippen LogP contribution in [-0.2, 0) is 33.2 Å². The summed E-state index contributed by atoms with van der Waals surface area (Å²) in [5.74, 6) is 0.175. The molecule has 0 amide bonds. The Hall–Kier alpha value is -0.280. The average Bonchev–Trinajstić information content (AvgIpc) is 3.65. The highest BCUT2D eigenvalue weighted by molar-refractivity contribution is 4.99. The van der Waals surface area contributed by atoms with Crippen molar-refractivity contribution >= 4 is 0 Å². The Morgan fingerprint density at radius 3 is 2.03 bits per heavy atom. The summed E-state index contributed by atoms with van der Waals surface area (Å²) in [6.07, 6.45) is 9.30. The van der Waals surface area contributed by atoms with Gasteiger partial charge in [-0.1, -0.05) is 6.92 Å². The molecule has 7 heteroatoms. The molecule has 0 bridgehead atoms. The topological polar surface area (TPSA) is 71.2 Å². The first-order valence-corrected chi connectivity index (χ1v) is 11.7. The van der Waals surface area contributed by atoms with Crippen molar-refractivity contribution in [2.75, 3.05) is 33.0 Å². The SMILES string of the molecule is CCC1(OCC2CCC3OC23)COC2(CCC(OCC3CCC4OC34)CO2)OC1. The summed E-state index contributed by atoms with van der Waals surface area (Å²) < 4.78 is 42.0. The summed E-state index contributed by atoms with van der Waals surface area (Å²) in [5, 5.41) is 0. The van der Waals surface area contributed by atoms with Gasteiger partial charge in [0.25, 0.3) is 5.97 Å². The third kappa shape index (κ3) is 3.77. The molecule has 0 aromatic carbocycles. The van der Waals surface area contributed by atoms with E-state index in [0.29, 0.717) is 62.5 Å². The van der Waals surface area contributed by atoms with Crippen LogP contribution in [0, 0.1) is 11.8 Å².